The Kier molecular flexibility index (Phi) is 3.40. The molecule has 0 aliphatic rings. The van der Waals surface area contributed by atoms with Crippen molar-refractivity contribution in [3.05, 3.63) is 45.6 Å². The van der Waals surface area contributed by atoms with Crippen molar-refractivity contribution in [2.75, 3.05) is 0 Å². The lowest BCUT2D eigenvalue weighted by Gasteiger charge is -2.10. The van der Waals surface area contributed by atoms with Crippen LogP contribution in [0.5, 0.6) is 0 Å². The van der Waals surface area contributed by atoms with Gasteiger partial charge in [0, 0.05) is 0 Å². The summed E-state index contributed by atoms with van der Waals surface area (Å²) in [5.41, 5.74) is -0.522. The van der Waals surface area contributed by atoms with E-state index in [1.54, 1.807) is 5.38 Å². The molecule has 1 aromatic heterocycles. The van der Waals surface area contributed by atoms with Crippen LogP contribution in [-0.4, -0.2) is 6.29 Å². The Labute approximate surface area is 110 Å². The van der Waals surface area contributed by atoms with Crippen molar-refractivity contribution in [3.8, 4) is 17.2 Å². The zero-order valence-corrected chi connectivity index (χ0v) is 10.2. The highest BCUT2D eigenvalue weighted by Crippen LogP contribution is 2.35. The molecule has 0 aliphatic carbocycles. The van der Waals surface area contributed by atoms with E-state index in [1.807, 2.05) is 0 Å². The Morgan fingerprint density at radius 2 is 1.95 bits per heavy atom. The fraction of sp³-hybridized carbons (Fsp3) is 0.0769. The normalized spacial score (nSPS) is 11.1. The van der Waals surface area contributed by atoms with Crippen LogP contribution in [0, 0.1) is 11.3 Å². The second-order valence-electron chi connectivity index (χ2n) is 3.73. The van der Waals surface area contributed by atoms with Crippen molar-refractivity contribution < 1.29 is 18.0 Å². The summed E-state index contributed by atoms with van der Waals surface area (Å²) in [4.78, 5) is 11.0. The number of thiophene rings is 1. The number of halogens is 3. The van der Waals surface area contributed by atoms with Crippen LogP contribution >= 0.6 is 11.3 Å². The minimum absolute atomic E-state index is 0.329. The molecular weight excluding hydrogens is 275 g/mol. The van der Waals surface area contributed by atoms with Gasteiger partial charge in [-0.2, -0.15) is 18.4 Å². The van der Waals surface area contributed by atoms with Crippen molar-refractivity contribution in [2.24, 2.45) is 0 Å². The largest absolute Gasteiger partial charge is 0.417 e. The minimum Gasteiger partial charge on any atom is -0.297 e. The lowest BCUT2D eigenvalue weighted by atomic mass is 10.0. The van der Waals surface area contributed by atoms with Gasteiger partial charge < -0.3 is 0 Å². The third kappa shape index (κ3) is 2.66. The number of carbonyl (C=O) groups excluding carboxylic acids is 1. The first-order valence-electron chi connectivity index (χ1n) is 5.11. The van der Waals surface area contributed by atoms with Gasteiger partial charge in [-0.25, -0.2) is 0 Å². The molecule has 2 aromatic rings. The summed E-state index contributed by atoms with van der Waals surface area (Å²) in [5, 5.41) is 10.3. The van der Waals surface area contributed by atoms with Crippen molar-refractivity contribution in [1.29, 1.82) is 5.26 Å². The molecule has 0 radical (unpaired) electrons. The molecule has 0 saturated carbocycles. The molecule has 96 valence electrons. The summed E-state index contributed by atoms with van der Waals surface area (Å²) in [6.45, 7) is 0. The van der Waals surface area contributed by atoms with E-state index in [0.717, 1.165) is 23.5 Å². The van der Waals surface area contributed by atoms with E-state index in [0.29, 0.717) is 22.3 Å². The Bertz CT molecular complexity index is 667. The first kappa shape index (κ1) is 13.3. The third-order valence-electron chi connectivity index (χ3n) is 2.51. The molecule has 0 fully saturated rings. The van der Waals surface area contributed by atoms with Gasteiger partial charge in [-0.3, -0.25) is 4.79 Å². The quantitative estimate of drug-likeness (QED) is 0.777. The van der Waals surface area contributed by atoms with E-state index in [1.165, 1.54) is 18.2 Å². The van der Waals surface area contributed by atoms with Crippen molar-refractivity contribution in [3.63, 3.8) is 0 Å². The van der Waals surface area contributed by atoms with Crippen LogP contribution in [0.4, 0.5) is 13.2 Å². The summed E-state index contributed by atoms with van der Waals surface area (Å²) in [6, 6.07) is 6.53. The van der Waals surface area contributed by atoms with Crippen molar-refractivity contribution in [1.82, 2.24) is 0 Å². The van der Waals surface area contributed by atoms with E-state index in [9.17, 15) is 18.0 Å². The molecule has 1 heterocycles. The Morgan fingerprint density at radius 1 is 1.21 bits per heavy atom. The molecule has 0 spiro atoms. The fourth-order valence-electron chi connectivity index (χ4n) is 1.62. The zero-order chi connectivity index (χ0) is 14.0. The molecule has 19 heavy (non-hydrogen) atoms. The van der Waals surface area contributed by atoms with E-state index in [2.05, 4.69) is 0 Å². The number of hydrogen-bond donors (Lipinski definition) is 0. The highest BCUT2D eigenvalue weighted by molar-refractivity contribution is 7.12. The molecule has 0 amide bonds. The summed E-state index contributed by atoms with van der Waals surface area (Å²) >= 11 is 1.15. The second kappa shape index (κ2) is 4.86. The number of rotatable bonds is 2. The summed E-state index contributed by atoms with van der Waals surface area (Å²) in [6.07, 6.45) is -3.94. The van der Waals surface area contributed by atoms with Gasteiger partial charge in [0.15, 0.2) is 6.29 Å². The number of carbonyl (C=O) groups is 1. The van der Waals surface area contributed by atoms with Gasteiger partial charge in [-0.05, 0) is 34.7 Å². The standard InChI is InChI=1S/C13H6F3NOS/c14-13(15,16)12-4-8(1-2-9(12)5-17)10-3-11(6-18)19-7-10/h1-4,6-7H. The molecule has 2 nitrogen and oxygen atoms in total. The summed E-state index contributed by atoms with van der Waals surface area (Å²) in [7, 11) is 0. The van der Waals surface area contributed by atoms with Crippen LogP contribution in [0.2, 0.25) is 0 Å². The number of nitriles is 1. The molecule has 1 aromatic carbocycles. The smallest absolute Gasteiger partial charge is 0.297 e. The molecule has 0 saturated heterocycles. The van der Waals surface area contributed by atoms with Gasteiger partial charge in [0.1, 0.15) is 0 Å². The highest BCUT2D eigenvalue weighted by Gasteiger charge is 2.33. The van der Waals surface area contributed by atoms with Gasteiger partial charge in [0.25, 0.3) is 0 Å². The number of alkyl halides is 3. The van der Waals surface area contributed by atoms with Crippen LogP contribution < -0.4 is 0 Å². The van der Waals surface area contributed by atoms with Gasteiger partial charge in [0.2, 0.25) is 0 Å². The summed E-state index contributed by atoms with van der Waals surface area (Å²) in [5.74, 6) is 0. The Balaban J connectivity index is 2.55. The van der Waals surface area contributed by atoms with E-state index >= 15 is 0 Å². The average molecular weight is 281 g/mol. The van der Waals surface area contributed by atoms with Crippen molar-refractivity contribution in [2.45, 2.75) is 6.18 Å². The fourth-order valence-corrected chi connectivity index (χ4v) is 2.34. The van der Waals surface area contributed by atoms with Gasteiger partial charge in [-0.1, -0.05) is 6.07 Å². The molecule has 2 rings (SSSR count). The topological polar surface area (TPSA) is 40.9 Å². The lowest BCUT2D eigenvalue weighted by molar-refractivity contribution is -0.137. The monoisotopic (exact) mass is 281 g/mol. The molecule has 0 atom stereocenters. The van der Waals surface area contributed by atoms with Crippen LogP contribution in [0.1, 0.15) is 20.8 Å². The molecule has 0 N–H and O–H groups in total. The number of benzene rings is 1. The highest BCUT2D eigenvalue weighted by atomic mass is 32.1. The Morgan fingerprint density at radius 3 is 2.47 bits per heavy atom. The van der Waals surface area contributed by atoms with Crippen LogP contribution in [0.25, 0.3) is 11.1 Å². The lowest BCUT2D eigenvalue weighted by Crippen LogP contribution is -2.07. The third-order valence-corrected chi connectivity index (χ3v) is 3.37. The molecule has 0 unspecified atom stereocenters. The molecular formula is C13H6F3NOS. The average Bonchev–Trinajstić information content (AvgIpc) is 2.85. The van der Waals surface area contributed by atoms with Gasteiger partial charge >= 0.3 is 6.18 Å². The SMILES string of the molecule is N#Cc1ccc(-c2csc(C=O)c2)cc1C(F)(F)F. The maximum atomic E-state index is 12.8. The predicted molar refractivity (Wildman–Crippen MR) is 64.9 cm³/mol. The number of aldehydes is 1. The van der Waals surface area contributed by atoms with Crippen LogP contribution in [-0.2, 0) is 6.18 Å². The number of nitrogens with zero attached hydrogens (tertiary/aromatic N) is 1. The molecule has 6 heteroatoms. The molecule has 0 aliphatic heterocycles. The van der Waals surface area contributed by atoms with Crippen molar-refractivity contribution >= 4 is 17.6 Å². The minimum atomic E-state index is -4.58. The van der Waals surface area contributed by atoms with E-state index < -0.39 is 17.3 Å². The Hall–Kier alpha value is -2.13. The first-order chi connectivity index (χ1) is 8.95. The maximum Gasteiger partial charge on any atom is 0.417 e. The maximum absolute atomic E-state index is 12.8. The van der Waals surface area contributed by atoms with Crippen LogP contribution in [0.15, 0.2) is 29.6 Å². The van der Waals surface area contributed by atoms with Gasteiger partial charge in [0.05, 0.1) is 22.1 Å². The second-order valence-corrected chi connectivity index (χ2v) is 4.67. The molecule has 0 bridgehead atoms. The number of hydrogen-bond acceptors (Lipinski definition) is 3. The zero-order valence-electron chi connectivity index (χ0n) is 9.36. The summed E-state index contributed by atoms with van der Waals surface area (Å²) < 4.78 is 38.4. The van der Waals surface area contributed by atoms with E-state index in [4.69, 9.17) is 5.26 Å². The van der Waals surface area contributed by atoms with E-state index in [-0.39, 0.29) is 0 Å². The van der Waals surface area contributed by atoms with Gasteiger partial charge in [-0.15, -0.1) is 11.3 Å². The first-order valence-corrected chi connectivity index (χ1v) is 5.99. The predicted octanol–water partition coefficient (Wildman–Crippen LogP) is 4.12. The van der Waals surface area contributed by atoms with Crippen LogP contribution in [0.3, 0.4) is 0 Å².